The standard InChI is InChI=1S/C14H21ClN2O2/c1-3-4-13(16)14(18)17(2)9-10-19-12-7-5-11(15)6-8-12/h5-8,13H,3-4,9-10,16H2,1-2H3. The van der Waals surface area contributed by atoms with Crippen LogP contribution in [0.4, 0.5) is 0 Å². The second-order valence-corrected chi connectivity index (χ2v) is 4.89. The van der Waals surface area contributed by atoms with Crippen LogP contribution in [-0.4, -0.2) is 37.0 Å². The molecule has 19 heavy (non-hydrogen) atoms. The van der Waals surface area contributed by atoms with Gasteiger partial charge in [0.15, 0.2) is 0 Å². The van der Waals surface area contributed by atoms with Crippen LogP contribution in [0, 0.1) is 0 Å². The molecule has 0 saturated heterocycles. The molecular weight excluding hydrogens is 264 g/mol. The Balaban J connectivity index is 2.32. The number of nitrogens with two attached hydrogens (primary N) is 1. The first-order chi connectivity index (χ1) is 9.04. The van der Waals surface area contributed by atoms with Crippen molar-refractivity contribution in [2.24, 2.45) is 5.73 Å². The Labute approximate surface area is 119 Å². The molecule has 1 aromatic rings. The average molecular weight is 285 g/mol. The predicted octanol–water partition coefficient (Wildman–Crippen LogP) is 2.30. The minimum atomic E-state index is -0.412. The van der Waals surface area contributed by atoms with E-state index in [4.69, 9.17) is 22.1 Å². The first kappa shape index (κ1) is 15.8. The van der Waals surface area contributed by atoms with Gasteiger partial charge in [-0.25, -0.2) is 0 Å². The Morgan fingerprint density at radius 2 is 2.05 bits per heavy atom. The number of hydrogen-bond acceptors (Lipinski definition) is 3. The number of ether oxygens (including phenoxy) is 1. The number of carbonyl (C=O) groups is 1. The van der Waals surface area contributed by atoms with Crippen LogP contribution < -0.4 is 10.5 Å². The zero-order chi connectivity index (χ0) is 14.3. The topological polar surface area (TPSA) is 55.6 Å². The molecule has 0 heterocycles. The lowest BCUT2D eigenvalue weighted by molar-refractivity contribution is -0.131. The Hall–Kier alpha value is -1.26. The van der Waals surface area contributed by atoms with Crippen LogP contribution >= 0.6 is 11.6 Å². The maximum atomic E-state index is 11.8. The zero-order valence-corrected chi connectivity index (χ0v) is 12.2. The number of benzene rings is 1. The van der Waals surface area contributed by atoms with Gasteiger partial charge in [0.25, 0.3) is 0 Å². The van der Waals surface area contributed by atoms with Crippen molar-refractivity contribution in [1.29, 1.82) is 0 Å². The van der Waals surface area contributed by atoms with Crippen molar-refractivity contribution >= 4 is 17.5 Å². The van der Waals surface area contributed by atoms with Crippen LogP contribution in [0.15, 0.2) is 24.3 Å². The van der Waals surface area contributed by atoms with Crippen LogP contribution in [0.2, 0.25) is 5.02 Å². The fourth-order valence-electron chi connectivity index (χ4n) is 1.66. The van der Waals surface area contributed by atoms with Crippen LogP contribution in [-0.2, 0) is 4.79 Å². The van der Waals surface area contributed by atoms with E-state index in [-0.39, 0.29) is 5.91 Å². The van der Waals surface area contributed by atoms with Crippen LogP contribution in [0.5, 0.6) is 5.75 Å². The molecule has 0 aromatic heterocycles. The number of likely N-dealkylation sites (N-methyl/N-ethyl adjacent to an activating group) is 1. The van der Waals surface area contributed by atoms with Crippen LogP contribution in [0.1, 0.15) is 19.8 Å². The lowest BCUT2D eigenvalue weighted by Gasteiger charge is -2.21. The average Bonchev–Trinajstić information content (AvgIpc) is 2.40. The third-order valence-corrected chi connectivity index (χ3v) is 3.05. The largest absolute Gasteiger partial charge is 0.492 e. The lowest BCUT2D eigenvalue weighted by Crippen LogP contribution is -2.43. The van der Waals surface area contributed by atoms with Crippen molar-refractivity contribution in [1.82, 2.24) is 4.90 Å². The summed E-state index contributed by atoms with van der Waals surface area (Å²) in [6.07, 6.45) is 1.61. The van der Waals surface area contributed by atoms with Gasteiger partial charge in [0.1, 0.15) is 12.4 Å². The molecule has 1 rings (SSSR count). The van der Waals surface area contributed by atoms with E-state index in [1.54, 1.807) is 36.2 Å². The van der Waals surface area contributed by atoms with E-state index in [2.05, 4.69) is 0 Å². The number of rotatable bonds is 7. The minimum absolute atomic E-state index is 0.0402. The molecule has 0 saturated carbocycles. The Morgan fingerprint density at radius 3 is 2.63 bits per heavy atom. The van der Waals surface area contributed by atoms with Gasteiger partial charge in [0.2, 0.25) is 5.91 Å². The van der Waals surface area contributed by atoms with E-state index < -0.39 is 6.04 Å². The molecule has 4 nitrogen and oxygen atoms in total. The molecule has 0 spiro atoms. The fraction of sp³-hybridized carbons (Fsp3) is 0.500. The first-order valence-corrected chi connectivity index (χ1v) is 6.81. The third kappa shape index (κ3) is 5.49. The van der Waals surface area contributed by atoms with Gasteiger partial charge >= 0.3 is 0 Å². The van der Waals surface area contributed by atoms with Crippen molar-refractivity contribution in [3.63, 3.8) is 0 Å². The summed E-state index contributed by atoms with van der Waals surface area (Å²) in [7, 11) is 1.74. The highest BCUT2D eigenvalue weighted by molar-refractivity contribution is 6.30. The third-order valence-electron chi connectivity index (χ3n) is 2.80. The molecule has 5 heteroatoms. The maximum Gasteiger partial charge on any atom is 0.239 e. The molecule has 0 radical (unpaired) electrons. The number of halogens is 1. The van der Waals surface area contributed by atoms with Crippen LogP contribution in [0.3, 0.4) is 0 Å². The maximum absolute atomic E-state index is 11.8. The molecule has 0 aliphatic heterocycles. The summed E-state index contributed by atoms with van der Waals surface area (Å²) < 4.78 is 5.53. The van der Waals surface area contributed by atoms with E-state index in [0.717, 1.165) is 12.2 Å². The van der Waals surface area contributed by atoms with Gasteiger partial charge in [0, 0.05) is 12.1 Å². The normalized spacial score (nSPS) is 12.0. The fourth-order valence-corrected chi connectivity index (χ4v) is 1.78. The molecule has 1 atom stereocenters. The Morgan fingerprint density at radius 1 is 1.42 bits per heavy atom. The van der Waals surface area contributed by atoms with Gasteiger partial charge in [0.05, 0.1) is 12.6 Å². The van der Waals surface area contributed by atoms with Crippen molar-refractivity contribution in [3.05, 3.63) is 29.3 Å². The molecular formula is C14H21ClN2O2. The van der Waals surface area contributed by atoms with Gasteiger partial charge in [-0.15, -0.1) is 0 Å². The molecule has 1 aromatic carbocycles. The second-order valence-electron chi connectivity index (χ2n) is 4.46. The lowest BCUT2D eigenvalue weighted by atomic mass is 10.1. The first-order valence-electron chi connectivity index (χ1n) is 6.43. The van der Waals surface area contributed by atoms with Crippen molar-refractivity contribution < 1.29 is 9.53 Å². The number of amides is 1. The molecule has 1 unspecified atom stereocenters. The Bertz CT molecular complexity index is 395. The van der Waals surface area contributed by atoms with Crippen molar-refractivity contribution in [3.8, 4) is 5.75 Å². The van der Waals surface area contributed by atoms with E-state index >= 15 is 0 Å². The highest BCUT2D eigenvalue weighted by Gasteiger charge is 2.16. The van der Waals surface area contributed by atoms with Crippen molar-refractivity contribution in [2.75, 3.05) is 20.2 Å². The van der Waals surface area contributed by atoms with Crippen LogP contribution in [0.25, 0.3) is 0 Å². The van der Waals surface area contributed by atoms with Gasteiger partial charge in [-0.05, 0) is 30.7 Å². The van der Waals surface area contributed by atoms with E-state index in [0.29, 0.717) is 24.6 Å². The molecule has 0 aliphatic rings. The van der Waals surface area contributed by atoms with Gasteiger partial charge < -0.3 is 15.4 Å². The van der Waals surface area contributed by atoms with E-state index in [9.17, 15) is 4.79 Å². The number of carbonyl (C=O) groups excluding carboxylic acids is 1. The highest BCUT2D eigenvalue weighted by Crippen LogP contribution is 2.15. The quantitative estimate of drug-likeness (QED) is 0.836. The van der Waals surface area contributed by atoms with Gasteiger partial charge in [-0.1, -0.05) is 24.9 Å². The molecule has 106 valence electrons. The molecule has 0 fully saturated rings. The molecule has 0 aliphatic carbocycles. The number of hydrogen-bond donors (Lipinski definition) is 1. The summed E-state index contributed by atoms with van der Waals surface area (Å²) in [4.78, 5) is 13.5. The molecule has 2 N–H and O–H groups in total. The molecule has 0 bridgehead atoms. The smallest absolute Gasteiger partial charge is 0.239 e. The van der Waals surface area contributed by atoms with Gasteiger partial charge in [-0.3, -0.25) is 4.79 Å². The summed E-state index contributed by atoms with van der Waals surface area (Å²) >= 11 is 5.78. The second kappa shape index (κ2) is 8.02. The van der Waals surface area contributed by atoms with Crippen molar-refractivity contribution in [2.45, 2.75) is 25.8 Å². The Kier molecular flexibility index (Phi) is 6.67. The summed E-state index contributed by atoms with van der Waals surface area (Å²) in [5.41, 5.74) is 5.78. The zero-order valence-electron chi connectivity index (χ0n) is 11.4. The SMILES string of the molecule is CCCC(N)C(=O)N(C)CCOc1ccc(Cl)cc1. The minimum Gasteiger partial charge on any atom is -0.492 e. The molecule has 1 amide bonds. The summed E-state index contributed by atoms with van der Waals surface area (Å²) in [6.45, 7) is 2.96. The van der Waals surface area contributed by atoms with E-state index in [1.165, 1.54) is 0 Å². The summed E-state index contributed by atoms with van der Waals surface area (Å²) in [5.74, 6) is 0.699. The monoisotopic (exact) mass is 284 g/mol. The highest BCUT2D eigenvalue weighted by atomic mass is 35.5. The number of nitrogens with zero attached hydrogens (tertiary/aromatic N) is 1. The van der Waals surface area contributed by atoms with E-state index in [1.807, 2.05) is 6.92 Å². The summed E-state index contributed by atoms with van der Waals surface area (Å²) in [6, 6.07) is 6.72. The van der Waals surface area contributed by atoms with Gasteiger partial charge in [-0.2, -0.15) is 0 Å². The predicted molar refractivity (Wildman–Crippen MR) is 77.5 cm³/mol. The summed E-state index contributed by atoms with van der Waals surface area (Å²) in [5, 5.41) is 0.671.